The van der Waals surface area contributed by atoms with E-state index in [-0.39, 0.29) is 22.7 Å². The van der Waals surface area contributed by atoms with E-state index in [0.29, 0.717) is 5.56 Å². The van der Waals surface area contributed by atoms with Gasteiger partial charge in [-0.3, -0.25) is 4.79 Å². The minimum Gasteiger partial charge on any atom is -0.506 e. The molecule has 2 rings (SSSR count). The van der Waals surface area contributed by atoms with Gasteiger partial charge in [0.2, 0.25) is 0 Å². The summed E-state index contributed by atoms with van der Waals surface area (Å²) in [7, 11) is 2.09. The molecule has 20 heavy (non-hydrogen) atoms. The van der Waals surface area contributed by atoms with Crippen LogP contribution in [0, 0.1) is 0 Å². The Hall–Kier alpha value is -1.26. The Labute approximate surface area is 124 Å². The molecule has 0 aromatic heterocycles. The van der Waals surface area contributed by atoms with Crippen molar-refractivity contribution in [2.45, 2.75) is 25.8 Å². The number of carbonyl (C=O) groups excluding carboxylic acids is 1. The summed E-state index contributed by atoms with van der Waals surface area (Å²) in [6.07, 6.45) is 1.91. The third-order valence-corrected chi connectivity index (χ3v) is 4.13. The molecule has 1 atom stereocenters. The fraction of sp³-hybridized carbons (Fsp3) is 0.533. The minimum atomic E-state index is -0.00551. The van der Waals surface area contributed by atoms with Gasteiger partial charge in [0.15, 0.2) is 0 Å². The monoisotopic (exact) mass is 296 g/mol. The number of nitrogens with zero attached hydrogens (tertiary/aromatic N) is 2. The molecular weight excluding hydrogens is 276 g/mol. The molecule has 0 radical (unpaired) electrons. The first-order valence-corrected chi connectivity index (χ1v) is 7.38. The summed E-state index contributed by atoms with van der Waals surface area (Å²) < 4.78 is 0. The summed E-state index contributed by atoms with van der Waals surface area (Å²) in [4.78, 5) is 16.9. The molecular formula is C15H21ClN2O2. The molecule has 1 aliphatic rings. The number of carbonyl (C=O) groups is 1. The fourth-order valence-corrected chi connectivity index (χ4v) is 2.85. The zero-order valence-corrected chi connectivity index (χ0v) is 12.7. The maximum atomic E-state index is 12.7. The highest BCUT2D eigenvalue weighted by Crippen LogP contribution is 2.25. The Kier molecular flexibility index (Phi) is 4.89. The number of benzene rings is 1. The highest BCUT2D eigenvalue weighted by Gasteiger charge is 2.27. The first kappa shape index (κ1) is 15.1. The molecule has 110 valence electrons. The minimum absolute atomic E-state index is 0.00542. The molecule has 1 N–H and O–H groups in total. The molecule has 1 fully saturated rings. The third kappa shape index (κ3) is 3.25. The molecule has 1 amide bonds. The van der Waals surface area contributed by atoms with E-state index in [4.69, 9.17) is 11.6 Å². The van der Waals surface area contributed by atoms with Crippen LogP contribution < -0.4 is 0 Å². The lowest BCUT2D eigenvalue weighted by atomic mass is 10.1. The highest BCUT2D eigenvalue weighted by molar-refractivity contribution is 6.32. The van der Waals surface area contributed by atoms with E-state index in [1.165, 1.54) is 6.07 Å². The van der Waals surface area contributed by atoms with Crippen molar-refractivity contribution in [2.75, 3.05) is 26.7 Å². The van der Waals surface area contributed by atoms with E-state index in [0.717, 1.165) is 32.5 Å². The average molecular weight is 297 g/mol. The lowest BCUT2D eigenvalue weighted by Gasteiger charge is -2.30. The lowest BCUT2D eigenvalue weighted by Crippen LogP contribution is -2.43. The van der Waals surface area contributed by atoms with E-state index in [9.17, 15) is 9.90 Å². The lowest BCUT2D eigenvalue weighted by molar-refractivity contribution is 0.0675. The van der Waals surface area contributed by atoms with Gasteiger partial charge in [-0.05, 0) is 44.6 Å². The van der Waals surface area contributed by atoms with Crippen LogP contribution >= 0.6 is 11.6 Å². The van der Waals surface area contributed by atoms with Crippen LogP contribution in [0.2, 0.25) is 5.02 Å². The number of hydrogen-bond acceptors (Lipinski definition) is 3. The van der Waals surface area contributed by atoms with Crippen molar-refractivity contribution in [3.8, 4) is 5.75 Å². The van der Waals surface area contributed by atoms with E-state index in [1.807, 2.05) is 4.90 Å². The Morgan fingerprint density at radius 2 is 2.20 bits per heavy atom. The van der Waals surface area contributed by atoms with Gasteiger partial charge in [0.1, 0.15) is 5.75 Å². The molecule has 4 nitrogen and oxygen atoms in total. The van der Waals surface area contributed by atoms with Crippen molar-refractivity contribution < 1.29 is 9.90 Å². The van der Waals surface area contributed by atoms with Crippen LogP contribution in [0.5, 0.6) is 5.75 Å². The van der Waals surface area contributed by atoms with Crippen LogP contribution in [0.3, 0.4) is 0 Å². The van der Waals surface area contributed by atoms with Crippen molar-refractivity contribution in [1.82, 2.24) is 9.80 Å². The quantitative estimate of drug-likeness (QED) is 0.912. The number of phenolic OH excluding ortho intramolecular Hbond substituents is 1. The SMILES string of the molecule is CCC1CN(C)CCCN1C(=O)c1ccc(O)c(Cl)c1. The van der Waals surface area contributed by atoms with Gasteiger partial charge in [-0.25, -0.2) is 0 Å². The number of amides is 1. The largest absolute Gasteiger partial charge is 0.506 e. The summed E-state index contributed by atoms with van der Waals surface area (Å²) in [5.74, 6) is -0.0000853. The molecule has 0 saturated carbocycles. The predicted octanol–water partition coefficient (Wildman–Crippen LogP) is 2.60. The van der Waals surface area contributed by atoms with Crippen molar-refractivity contribution in [1.29, 1.82) is 0 Å². The van der Waals surface area contributed by atoms with Gasteiger partial charge in [0, 0.05) is 24.7 Å². The third-order valence-electron chi connectivity index (χ3n) is 3.83. The molecule has 0 bridgehead atoms. The number of halogens is 1. The van der Waals surface area contributed by atoms with Crippen molar-refractivity contribution in [3.05, 3.63) is 28.8 Å². The molecule has 1 aliphatic heterocycles. The number of rotatable bonds is 2. The predicted molar refractivity (Wildman–Crippen MR) is 80.3 cm³/mol. The smallest absolute Gasteiger partial charge is 0.254 e. The molecule has 5 heteroatoms. The summed E-state index contributed by atoms with van der Waals surface area (Å²) >= 11 is 5.89. The van der Waals surface area contributed by atoms with Crippen LogP contribution in [-0.2, 0) is 0 Å². The topological polar surface area (TPSA) is 43.8 Å². The maximum absolute atomic E-state index is 12.7. The maximum Gasteiger partial charge on any atom is 0.254 e. The van der Waals surface area contributed by atoms with E-state index >= 15 is 0 Å². The zero-order chi connectivity index (χ0) is 14.7. The van der Waals surface area contributed by atoms with Crippen molar-refractivity contribution in [3.63, 3.8) is 0 Å². The molecule has 0 aliphatic carbocycles. The number of aromatic hydroxyl groups is 1. The fourth-order valence-electron chi connectivity index (χ4n) is 2.67. The summed E-state index contributed by atoms with van der Waals surface area (Å²) in [5, 5.41) is 9.67. The molecule has 1 heterocycles. The van der Waals surface area contributed by atoms with Crippen LogP contribution in [0.15, 0.2) is 18.2 Å². The van der Waals surface area contributed by atoms with Crippen molar-refractivity contribution >= 4 is 17.5 Å². The summed E-state index contributed by atoms with van der Waals surface area (Å²) in [6.45, 7) is 4.78. The number of likely N-dealkylation sites (N-methyl/N-ethyl adjacent to an activating group) is 1. The normalized spacial score (nSPS) is 20.8. The Morgan fingerprint density at radius 3 is 2.85 bits per heavy atom. The van der Waals surface area contributed by atoms with Crippen molar-refractivity contribution in [2.24, 2.45) is 0 Å². The van der Waals surface area contributed by atoms with Gasteiger partial charge < -0.3 is 14.9 Å². The van der Waals surface area contributed by atoms with Gasteiger partial charge >= 0.3 is 0 Å². The average Bonchev–Trinajstić information content (AvgIpc) is 2.62. The zero-order valence-electron chi connectivity index (χ0n) is 12.0. The van der Waals surface area contributed by atoms with E-state index in [2.05, 4.69) is 18.9 Å². The Balaban J connectivity index is 2.23. The first-order chi connectivity index (χ1) is 9.52. The second-order valence-electron chi connectivity index (χ2n) is 5.34. The second kappa shape index (κ2) is 6.46. The number of phenols is 1. The van der Waals surface area contributed by atoms with Crippen LogP contribution in [0.1, 0.15) is 30.1 Å². The first-order valence-electron chi connectivity index (χ1n) is 7.01. The highest BCUT2D eigenvalue weighted by atomic mass is 35.5. The molecule has 1 aromatic carbocycles. The van der Waals surface area contributed by atoms with Gasteiger partial charge in [-0.1, -0.05) is 18.5 Å². The van der Waals surface area contributed by atoms with Crippen LogP contribution in [-0.4, -0.2) is 53.5 Å². The van der Waals surface area contributed by atoms with Gasteiger partial charge in [-0.2, -0.15) is 0 Å². The molecule has 0 spiro atoms. The molecule has 1 aromatic rings. The van der Waals surface area contributed by atoms with Crippen LogP contribution in [0.4, 0.5) is 0 Å². The van der Waals surface area contributed by atoms with Gasteiger partial charge in [0.25, 0.3) is 5.91 Å². The van der Waals surface area contributed by atoms with E-state index < -0.39 is 0 Å². The summed E-state index contributed by atoms with van der Waals surface area (Å²) in [6, 6.07) is 4.87. The van der Waals surface area contributed by atoms with Gasteiger partial charge in [-0.15, -0.1) is 0 Å². The van der Waals surface area contributed by atoms with E-state index in [1.54, 1.807) is 12.1 Å². The number of hydrogen-bond donors (Lipinski definition) is 1. The molecule has 1 unspecified atom stereocenters. The van der Waals surface area contributed by atoms with Gasteiger partial charge in [0.05, 0.1) is 5.02 Å². The Morgan fingerprint density at radius 1 is 1.45 bits per heavy atom. The second-order valence-corrected chi connectivity index (χ2v) is 5.75. The Bertz CT molecular complexity index is 493. The van der Waals surface area contributed by atoms with Crippen LogP contribution in [0.25, 0.3) is 0 Å². The standard InChI is InChI=1S/C15H21ClN2O2/c1-3-12-10-17(2)7-4-8-18(12)15(20)11-5-6-14(19)13(16)9-11/h5-6,9,12,19H,3-4,7-8,10H2,1-2H3. The molecule has 1 saturated heterocycles. The summed E-state index contributed by atoms with van der Waals surface area (Å²) in [5.41, 5.74) is 0.538.